The predicted octanol–water partition coefficient (Wildman–Crippen LogP) is 4.76. The van der Waals surface area contributed by atoms with Crippen LogP contribution in [0.5, 0.6) is 0 Å². The first-order valence-corrected chi connectivity index (χ1v) is 11.0. The van der Waals surface area contributed by atoms with Crippen LogP contribution in [0.2, 0.25) is 0 Å². The number of carbonyl (C=O) groups is 1. The van der Waals surface area contributed by atoms with Crippen molar-refractivity contribution < 1.29 is 9.90 Å². The predicted molar refractivity (Wildman–Crippen MR) is 128 cm³/mol. The lowest BCUT2D eigenvalue weighted by Gasteiger charge is -2.09. The summed E-state index contributed by atoms with van der Waals surface area (Å²) in [4.78, 5) is 26.0. The average Bonchev–Trinajstić information content (AvgIpc) is 3.32. The van der Waals surface area contributed by atoms with E-state index in [0.29, 0.717) is 12.4 Å². The van der Waals surface area contributed by atoms with Crippen molar-refractivity contribution in [3.8, 4) is 11.4 Å². The smallest absolute Gasteiger partial charge is 0.323 e. The van der Waals surface area contributed by atoms with Crippen LogP contribution in [0.15, 0.2) is 54.6 Å². The molecule has 0 radical (unpaired) electrons. The molecule has 2 aromatic carbocycles. The molecule has 0 amide bonds. The summed E-state index contributed by atoms with van der Waals surface area (Å²) >= 11 is 0. The molecule has 33 heavy (non-hydrogen) atoms. The highest BCUT2D eigenvalue weighted by Gasteiger charge is 2.17. The van der Waals surface area contributed by atoms with Crippen molar-refractivity contribution in [1.29, 1.82) is 0 Å². The molecule has 7 nitrogen and oxygen atoms in total. The van der Waals surface area contributed by atoms with Gasteiger partial charge in [-0.25, -0.2) is 15.0 Å². The number of carboxylic acid groups (broad SMARTS) is 1. The maximum absolute atomic E-state index is 11.6. The number of rotatable bonds is 6. The van der Waals surface area contributed by atoms with Gasteiger partial charge in [0.2, 0.25) is 0 Å². The Morgan fingerprint density at radius 3 is 2.48 bits per heavy atom. The number of hydrogen-bond acceptors (Lipinski definition) is 4. The molecule has 1 N–H and O–H groups in total. The lowest BCUT2D eigenvalue weighted by molar-refractivity contribution is -0.137. The van der Waals surface area contributed by atoms with E-state index in [4.69, 9.17) is 15.0 Å². The van der Waals surface area contributed by atoms with E-state index < -0.39 is 5.97 Å². The second-order valence-electron chi connectivity index (χ2n) is 8.32. The Labute approximate surface area is 191 Å². The van der Waals surface area contributed by atoms with Gasteiger partial charge in [-0.3, -0.25) is 4.79 Å². The quantitative estimate of drug-likeness (QED) is 0.412. The van der Waals surface area contributed by atoms with Gasteiger partial charge >= 0.3 is 5.97 Å². The third kappa shape index (κ3) is 3.75. The number of fused-ring (bicyclic) bond motifs is 2. The van der Waals surface area contributed by atoms with Crippen LogP contribution in [0.25, 0.3) is 33.6 Å². The van der Waals surface area contributed by atoms with Crippen molar-refractivity contribution in [1.82, 2.24) is 24.1 Å². The van der Waals surface area contributed by atoms with Crippen LogP contribution in [0.3, 0.4) is 0 Å². The second kappa shape index (κ2) is 8.16. The molecule has 0 atom stereocenters. The van der Waals surface area contributed by atoms with Crippen LogP contribution < -0.4 is 0 Å². The third-order valence-corrected chi connectivity index (χ3v) is 5.90. The number of pyridine rings is 1. The van der Waals surface area contributed by atoms with E-state index in [0.717, 1.165) is 56.8 Å². The molecule has 0 saturated heterocycles. The zero-order valence-corrected chi connectivity index (χ0v) is 18.9. The number of aromatic nitrogens is 5. The molecule has 0 bridgehead atoms. The third-order valence-electron chi connectivity index (χ3n) is 5.90. The number of aryl methyl sites for hydroxylation is 3. The number of nitrogens with zero attached hydrogens (tertiary/aromatic N) is 5. The fourth-order valence-electron chi connectivity index (χ4n) is 4.44. The van der Waals surface area contributed by atoms with E-state index in [-0.39, 0.29) is 6.54 Å². The molecule has 0 aliphatic rings. The Morgan fingerprint density at radius 2 is 1.76 bits per heavy atom. The number of imidazole rings is 2. The monoisotopic (exact) mass is 439 g/mol. The summed E-state index contributed by atoms with van der Waals surface area (Å²) in [6, 6.07) is 17.8. The minimum absolute atomic E-state index is 0.144. The Kier molecular flexibility index (Phi) is 5.17. The summed E-state index contributed by atoms with van der Waals surface area (Å²) in [6.45, 7) is 6.65. The summed E-state index contributed by atoms with van der Waals surface area (Å²) in [6.07, 6.45) is 0.808. The molecule has 7 heteroatoms. The average molecular weight is 440 g/mol. The normalized spacial score (nSPS) is 11.5. The number of aliphatic carboxylic acids is 1. The lowest BCUT2D eigenvalue weighted by Crippen LogP contribution is -2.10. The summed E-state index contributed by atoms with van der Waals surface area (Å²) < 4.78 is 3.93. The summed E-state index contributed by atoms with van der Waals surface area (Å²) in [5.41, 5.74) is 7.46. The van der Waals surface area contributed by atoms with Gasteiger partial charge in [0, 0.05) is 17.7 Å². The van der Waals surface area contributed by atoms with Crippen LogP contribution in [0.1, 0.15) is 29.6 Å². The Balaban J connectivity index is 1.62. The lowest BCUT2D eigenvalue weighted by atomic mass is 10.2. The first-order chi connectivity index (χ1) is 15.9. The maximum atomic E-state index is 11.6. The molecule has 0 fully saturated rings. The summed E-state index contributed by atoms with van der Waals surface area (Å²) in [5, 5.41) is 9.48. The number of carboxylic acids is 1. The summed E-state index contributed by atoms with van der Waals surface area (Å²) in [5.74, 6) is 0.748. The van der Waals surface area contributed by atoms with Crippen molar-refractivity contribution in [2.75, 3.05) is 0 Å². The van der Waals surface area contributed by atoms with Gasteiger partial charge < -0.3 is 14.2 Å². The molecule has 166 valence electrons. The fraction of sp³-hybridized carbons (Fsp3) is 0.231. The summed E-state index contributed by atoms with van der Waals surface area (Å²) in [7, 11) is 0. The Hall–Kier alpha value is -4.00. The standard InChI is InChI=1S/C26H25N5O2/c1-4-22-29-24-16(2)12-17(3)27-26(24)31(22)14-18-10-11-21-20(13-18)28-25(30(21)15-23(32)33)19-8-6-5-7-9-19/h5-13H,4,14-15H2,1-3H3,(H,32,33). The minimum atomic E-state index is -0.898. The van der Waals surface area contributed by atoms with E-state index in [1.807, 2.05) is 55.5 Å². The van der Waals surface area contributed by atoms with E-state index in [2.05, 4.69) is 24.5 Å². The zero-order chi connectivity index (χ0) is 23.1. The molecular formula is C26H25N5O2. The SMILES string of the molecule is CCc1nc2c(C)cc(C)nc2n1Cc1ccc2c(c1)nc(-c1ccccc1)n2CC(=O)O. The first-order valence-electron chi connectivity index (χ1n) is 11.0. The number of hydrogen-bond donors (Lipinski definition) is 1. The molecule has 0 aliphatic heterocycles. The molecule has 0 unspecified atom stereocenters. The van der Waals surface area contributed by atoms with Crippen LogP contribution >= 0.6 is 0 Å². The first kappa shape index (κ1) is 20.9. The van der Waals surface area contributed by atoms with Crippen LogP contribution in [-0.2, 0) is 24.3 Å². The van der Waals surface area contributed by atoms with Crippen molar-refractivity contribution in [3.05, 3.63) is 77.2 Å². The van der Waals surface area contributed by atoms with Gasteiger partial charge in [-0.2, -0.15) is 0 Å². The van der Waals surface area contributed by atoms with Gasteiger partial charge in [0.05, 0.1) is 17.6 Å². The maximum Gasteiger partial charge on any atom is 0.323 e. The molecule has 0 aliphatic carbocycles. The van der Waals surface area contributed by atoms with Crippen molar-refractivity contribution in [2.24, 2.45) is 0 Å². The zero-order valence-electron chi connectivity index (χ0n) is 18.9. The van der Waals surface area contributed by atoms with Gasteiger partial charge in [0.1, 0.15) is 23.7 Å². The van der Waals surface area contributed by atoms with Gasteiger partial charge in [-0.05, 0) is 43.2 Å². The van der Waals surface area contributed by atoms with Crippen molar-refractivity contribution in [2.45, 2.75) is 40.3 Å². The number of benzene rings is 2. The topological polar surface area (TPSA) is 85.8 Å². The molecule has 3 heterocycles. The van der Waals surface area contributed by atoms with E-state index in [1.54, 1.807) is 4.57 Å². The van der Waals surface area contributed by atoms with Crippen LogP contribution in [0, 0.1) is 13.8 Å². The van der Waals surface area contributed by atoms with E-state index >= 15 is 0 Å². The molecule has 3 aromatic heterocycles. The largest absolute Gasteiger partial charge is 0.480 e. The van der Waals surface area contributed by atoms with Crippen molar-refractivity contribution >= 4 is 28.2 Å². The Bertz CT molecular complexity index is 1500. The van der Waals surface area contributed by atoms with Gasteiger partial charge in [-0.1, -0.05) is 43.3 Å². The highest BCUT2D eigenvalue weighted by Crippen LogP contribution is 2.27. The molecule has 0 saturated carbocycles. The second-order valence-corrected chi connectivity index (χ2v) is 8.32. The van der Waals surface area contributed by atoms with Crippen LogP contribution in [0.4, 0.5) is 0 Å². The highest BCUT2D eigenvalue weighted by molar-refractivity contribution is 5.83. The molecule has 5 rings (SSSR count). The molecular weight excluding hydrogens is 414 g/mol. The highest BCUT2D eigenvalue weighted by atomic mass is 16.4. The van der Waals surface area contributed by atoms with Gasteiger partial charge in [-0.15, -0.1) is 0 Å². The van der Waals surface area contributed by atoms with Gasteiger partial charge in [0.25, 0.3) is 0 Å². The molecule has 5 aromatic rings. The van der Waals surface area contributed by atoms with Gasteiger partial charge in [0.15, 0.2) is 5.65 Å². The van der Waals surface area contributed by atoms with E-state index in [1.165, 1.54) is 0 Å². The molecule has 0 spiro atoms. The Morgan fingerprint density at radius 1 is 0.970 bits per heavy atom. The van der Waals surface area contributed by atoms with E-state index in [9.17, 15) is 9.90 Å². The van der Waals surface area contributed by atoms with Crippen LogP contribution in [-0.4, -0.2) is 35.2 Å². The fourth-order valence-corrected chi connectivity index (χ4v) is 4.44. The van der Waals surface area contributed by atoms with Crippen molar-refractivity contribution in [3.63, 3.8) is 0 Å². The minimum Gasteiger partial charge on any atom is -0.480 e.